The van der Waals surface area contributed by atoms with Gasteiger partial charge in [-0.25, -0.2) is 4.98 Å². The van der Waals surface area contributed by atoms with E-state index in [0.717, 1.165) is 22.5 Å². The molecular weight excluding hydrogens is 286 g/mol. The number of hydrogen-bond acceptors (Lipinski definition) is 2. The summed E-state index contributed by atoms with van der Waals surface area (Å²) >= 11 is 0. The lowest BCUT2D eigenvalue weighted by atomic mass is 10.1. The van der Waals surface area contributed by atoms with Crippen molar-refractivity contribution >= 4 is 22.6 Å². The second-order valence-electron chi connectivity index (χ2n) is 6.03. The molecule has 0 N–H and O–H groups in total. The largest absolute Gasteiger partial charge is 0.326 e. The normalized spacial score (nSPS) is 11.2. The fourth-order valence-corrected chi connectivity index (χ4v) is 2.97. The minimum Gasteiger partial charge on any atom is -0.326 e. The van der Waals surface area contributed by atoms with Crippen molar-refractivity contribution in [3.63, 3.8) is 0 Å². The number of amides is 1. The Hall–Kier alpha value is -2.62. The molecule has 1 aromatic heterocycles. The van der Waals surface area contributed by atoms with E-state index in [-0.39, 0.29) is 5.91 Å². The number of fused-ring (bicyclic) bond motifs is 1. The lowest BCUT2D eigenvalue weighted by Gasteiger charge is -2.17. The van der Waals surface area contributed by atoms with Crippen LogP contribution in [0.3, 0.4) is 0 Å². The van der Waals surface area contributed by atoms with E-state index in [1.807, 2.05) is 55.5 Å². The quantitative estimate of drug-likeness (QED) is 0.727. The predicted molar refractivity (Wildman–Crippen MR) is 94.0 cm³/mol. The Morgan fingerprint density at radius 1 is 1.13 bits per heavy atom. The van der Waals surface area contributed by atoms with Crippen LogP contribution in [0.15, 0.2) is 48.5 Å². The van der Waals surface area contributed by atoms with E-state index < -0.39 is 0 Å². The van der Waals surface area contributed by atoms with Crippen LogP contribution in [0.5, 0.6) is 0 Å². The Balaban J connectivity index is 1.99. The average molecular weight is 307 g/mol. The maximum atomic E-state index is 12.7. The van der Waals surface area contributed by atoms with E-state index in [0.29, 0.717) is 11.6 Å². The predicted octanol–water partition coefficient (Wildman–Crippen LogP) is 4.20. The van der Waals surface area contributed by atoms with Gasteiger partial charge in [0.1, 0.15) is 5.82 Å². The Morgan fingerprint density at radius 3 is 2.48 bits per heavy atom. The third-order valence-electron chi connectivity index (χ3n) is 4.08. The highest BCUT2D eigenvalue weighted by Crippen LogP contribution is 2.23. The van der Waals surface area contributed by atoms with Gasteiger partial charge in [-0.05, 0) is 51.1 Å². The lowest BCUT2D eigenvalue weighted by molar-refractivity contribution is 0.0993. The van der Waals surface area contributed by atoms with Crippen LogP contribution in [0.4, 0.5) is 5.69 Å². The number of anilines is 1. The van der Waals surface area contributed by atoms with Crippen LogP contribution in [-0.2, 0) is 0 Å². The van der Waals surface area contributed by atoms with E-state index in [1.54, 1.807) is 11.9 Å². The number of nitrogens with zero attached hydrogens (tertiary/aromatic N) is 3. The molecule has 0 radical (unpaired) electrons. The first-order chi connectivity index (χ1) is 11.0. The Morgan fingerprint density at radius 2 is 1.83 bits per heavy atom. The average Bonchev–Trinajstić information content (AvgIpc) is 2.89. The Labute approximate surface area is 136 Å². The number of para-hydroxylation sites is 1. The summed E-state index contributed by atoms with van der Waals surface area (Å²) in [5, 5.41) is 0. The van der Waals surface area contributed by atoms with Gasteiger partial charge < -0.3 is 9.47 Å². The standard InChI is InChI=1S/C19H21N3O/c1-13(2)22-14(3)20-17-12-15(10-11-18(17)22)19(23)21(4)16-8-6-5-7-9-16/h5-13H,1-4H3. The monoisotopic (exact) mass is 307 g/mol. The zero-order valence-electron chi connectivity index (χ0n) is 13.9. The van der Waals surface area contributed by atoms with Gasteiger partial charge in [0.2, 0.25) is 0 Å². The van der Waals surface area contributed by atoms with Gasteiger partial charge in [-0.3, -0.25) is 4.79 Å². The molecule has 3 aromatic rings. The number of carbonyl (C=O) groups is 1. The molecule has 4 nitrogen and oxygen atoms in total. The summed E-state index contributed by atoms with van der Waals surface area (Å²) in [6.07, 6.45) is 0. The van der Waals surface area contributed by atoms with E-state index >= 15 is 0 Å². The van der Waals surface area contributed by atoms with E-state index in [1.165, 1.54) is 0 Å². The molecule has 1 heterocycles. The minimum absolute atomic E-state index is 0.0325. The molecule has 0 saturated heterocycles. The Kier molecular flexibility index (Phi) is 3.90. The minimum atomic E-state index is -0.0325. The highest BCUT2D eigenvalue weighted by molar-refractivity contribution is 6.07. The van der Waals surface area contributed by atoms with Gasteiger partial charge in [-0.1, -0.05) is 18.2 Å². The van der Waals surface area contributed by atoms with Crippen molar-refractivity contribution in [3.8, 4) is 0 Å². The summed E-state index contributed by atoms with van der Waals surface area (Å²) in [6.45, 7) is 6.27. The zero-order valence-corrected chi connectivity index (χ0v) is 13.9. The third kappa shape index (κ3) is 2.72. The second-order valence-corrected chi connectivity index (χ2v) is 6.03. The first kappa shape index (κ1) is 15.3. The van der Waals surface area contributed by atoms with Gasteiger partial charge >= 0.3 is 0 Å². The van der Waals surface area contributed by atoms with Crippen LogP contribution >= 0.6 is 0 Å². The van der Waals surface area contributed by atoms with Crippen LogP contribution in [0.2, 0.25) is 0 Å². The summed E-state index contributed by atoms with van der Waals surface area (Å²) in [5.74, 6) is 0.936. The smallest absolute Gasteiger partial charge is 0.258 e. The number of rotatable bonds is 3. The van der Waals surface area contributed by atoms with Crippen molar-refractivity contribution in [2.75, 3.05) is 11.9 Å². The molecule has 23 heavy (non-hydrogen) atoms. The second kappa shape index (κ2) is 5.88. The molecule has 0 bridgehead atoms. The zero-order chi connectivity index (χ0) is 16.6. The molecular formula is C19H21N3O. The van der Waals surface area contributed by atoms with Gasteiger partial charge in [0, 0.05) is 24.3 Å². The number of imidazole rings is 1. The van der Waals surface area contributed by atoms with Crippen molar-refractivity contribution in [2.24, 2.45) is 0 Å². The van der Waals surface area contributed by atoms with Gasteiger partial charge in [0.05, 0.1) is 11.0 Å². The fraction of sp³-hybridized carbons (Fsp3) is 0.263. The summed E-state index contributed by atoms with van der Waals surface area (Å²) in [4.78, 5) is 19.0. The number of carbonyl (C=O) groups excluding carboxylic acids is 1. The molecule has 3 rings (SSSR count). The van der Waals surface area contributed by atoms with Crippen LogP contribution in [0.1, 0.15) is 36.1 Å². The van der Waals surface area contributed by atoms with E-state index in [2.05, 4.69) is 23.4 Å². The van der Waals surface area contributed by atoms with Gasteiger partial charge in [-0.2, -0.15) is 0 Å². The van der Waals surface area contributed by atoms with Crippen LogP contribution in [-0.4, -0.2) is 22.5 Å². The Bertz CT molecular complexity index is 850. The van der Waals surface area contributed by atoms with Gasteiger partial charge in [-0.15, -0.1) is 0 Å². The summed E-state index contributed by atoms with van der Waals surface area (Å²) in [6, 6.07) is 15.7. The third-order valence-corrected chi connectivity index (χ3v) is 4.08. The maximum absolute atomic E-state index is 12.7. The van der Waals surface area contributed by atoms with E-state index in [9.17, 15) is 4.79 Å². The molecule has 0 atom stereocenters. The van der Waals surface area contributed by atoms with Gasteiger partial charge in [0.25, 0.3) is 5.91 Å². The molecule has 0 aliphatic carbocycles. The lowest BCUT2D eigenvalue weighted by Crippen LogP contribution is -2.26. The number of benzene rings is 2. The first-order valence-corrected chi connectivity index (χ1v) is 7.80. The first-order valence-electron chi connectivity index (χ1n) is 7.80. The van der Waals surface area contributed by atoms with Crippen molar-refractivity contribution in [3.05, 3.63) is 59.9 Å². The molecule has 2 aromatic carbocycles. The summed E-state index contributed by atoms with van der Waals surface area (Å²) in [5.41, 5.74) is 3.46. The molecule has 0 fully saturated rings. The van der Waals surface area contributed by atoms with Crippen molar-refractivity contribution < 1.29 is 4.79 Å². The fourth-order valence-electron chi connectivity index (χ4n) is 2.97. The molecule has 0 aliphatic rings. The van der Waals surface area contributed by atoms with Crippen molar-refractivity contribution in [2.45, 2.75) is 26.8 Å². The topological polar surface area (TPSA) is 38.1 Å². The highest BCUT2D eigenvalue weighted by Gasteiger charge is 2.16. The van der Waals surface area contributed by atoms with Gasteiger partial charge in [0.15, 0.2) is 0 Å². The van der Waals surface area contributed by atoms with Crippen LogP contribution < -0.4 is 4.90 Å². The van der Waals surface area contributed by atoms with Crippen molar-refractivity contribution in [1.82, 2.24) is 9.55 Å². The SMILES string of the molecule is Cc1nc2cc(C(=O)N(C)c3ccccc3)ccc2n1C(C)C. The van der Waals surface area contributed by atoms with Crippen LogP contribution in [0.25, 0.3) is 11.0 Å². The molecule has 1 amide bonds. The maximum Gasteiger partial charge on any atom is 0.258 e. The molecule has 0 aliphatic heterocycles. The molecule has 0 saturated carbocycles. The van der Waals surface area contributed by atoms with Crippen LogP contribution in [0, 0.1) is 6.92 Å². The highest BCUT2D eigenvalue weighted by atomic mass is 16.2. The summed E-state index contributed by atoms with van der Waals surface area (Å²) in [7, 11) is 1.79. The molecule has 118 valence electrons. The molecule has 0 spiro atoms. The molecule has 4 heteroatoms. The number of aromatic nitrogens is 2. The number of hydrogen-bond donors (Lipinski definition) is 0. The van der Waals surface area contributed by atoms with E-state index in [4.69, 9.17) is 0 Å². The molecule has 0 unspecified atom stereocenters. The number of aryl methyl sites for hydroxylation is 1. The summed E-state index contributed by atoms with van der Waals surface area (Å²) < 4.78 is 2.19. The van der Waals surface area contributed by atoms with Crippen molar-refractivity contribution in [1.29, 1.82) is 0 Å².